The lowest BCUT2D eigenvalue weighted by molar-refractivity contribution is -0.139. The smallest absolute Gasteiger partial charge is 0.264 e. The van der Waals surface area contributed by atoms with Crippen molar-refractivity contribution in [3.63, 3.8) is 0 Å². The second-order valence-corrected chi connectivity index (χ2v) is 11.4. The van der Waals surface area contributed by atoms with E-state index in [1.54, 1.807) is 49.4 Å². The van der Waals surface area contributed by atoms with Gasteiger partial charge in [-0.3, -0.25) is 13.9 Å². The van der Waals surface area contributed by atoms with Gasteiger partial charge >= 0.3 is 0 Å². The van der Waals surface area contributed by atoms with E-state index in [4.69, 9.17) is 4.74 Å². The molecule has 41 heavy (non-hydrogen) atoms. The highest BCUT2D eigenvalue weighted by Crippen LogP contribution is 2.28. The van der Waals surface area contributed by atoms with Crippen molar-refractivity contribution in [1.82, 2.24) is 10.2 Å². The number of nitrogens with zero attached hydrogens (tertiary/aromatic N) is 2. The maximum absolute atomic E-state index is 13.9. The zero-order chi connectivity index (χ0) is 29.4. The predicted octanol–water partition coefficient (Wildman–Crippen LogP) is 5.15. The first-order chi connectivity index (χ1) is 19.7. The molecule has 0 aliphatic carbocycles. The molecule has 0 aromatic heterocycles. The summed E-state index contributed by atoms with van der Waals surface area (Å²) < 4.78 is 34.7. The molecule has 2 amide bonds. The monoisotopic (exact) mass is 571 g/mol. The molecule has 9 heteroatoms. The van der Waals surface area contributed by atoms with Crippen molar-refractivity contribution >= 4 is 27.5 Å². The van der Waals surface area contributed by atoms with Crippen LogP contribution in [0.5, 0.6) is 11.5 Å². The molecule has 1 N–H and O–H groups in total. The summed E-state index contributed by atoms with van der Waals surface area (Å²) in [5.41, 5.74) is 2.12. The molecule has 4 aromatic carbocycles. The molecular weight excluding hydrogens is 538 g/mol. The molecule has 0 saturated heterocycles. The lowest BCUT2D eigenvalue weighted by Gasteiger charge is -2.32. The van der Waals surface area contributed by atoms with E-state index in [9.17, 15) is 18.0 Å². The fraction of sp³-hybridized carbons (Fsp3) is 0.188. The summed E-state index contributed by atoms with van der Waals surface area (Å²) in [5.74, 6) is 0.273. The Hall–Kier alpha value is -4.63. The number of likely N-dealkylation sites (N-methyl/N-ethyl adjacent to an activating group) is 1. The number of rotatable bonds is 11. The third kappa shape index (κ3) is 7.32. The second-order valence-electron chi connectivity index (χ2n) is 9.53. The summed E-state index contributed by atoms with van der Waals surface area (Å²) in [4.78, 5) is 27.9. The van der Waals surface area contributed by atoms with Crippen LogP contribution in [0.15, 0.2) is 114 Å². The van der Waals surface area contributed by atoms with Crippen molar-refractivity contribution in [1.29, 1.82) is 0 Å². The maximum atomic E-state index is 13.9. The van der Waals surface area contributed by atoms with Crippen LogP contribution in [0.1, 0.15) is 18.1 Å². The van der Waals surface area contributed by atoms with E-state index in [1.807, 2.05) is 61.5 Å². The van der Waals surface area contributed by atoms with E-state index in [0.29, 0.717) is 11.5 Å². The molecule has 0 fully saturated rings. The van der Waals surface area contributed by atoms with Crippen molar-refractivity contribution < 1.29 is 22.7 Å². The van der Waals surface area contributed by atoms with Gasteiger partial charge in [-0.15, -0.1) is 0 Å². The third-order valence-corrected chi connectivity index (χ3v) is 8.35. The Balaban J connectivity index is 1.69. The molecule has 1 unspecified atom stereocenters. The van der Waals surface area contributed by atoms with E-state index >= 15 is 0 Å². The van der Waals surface area contributed by atoms with Crippen LogP contribution in [0.3, 0.4) is 0 Å². The van der Waals surface area contributed by atoms with Crippen LogP contribution >= 0.6 is 0 Å². The average Bonchev–Trinajstić information content (AvgIpc) is 2.99. The number of carbonyl (C=O) groups is 2. The Labute approximate surface area is 241 Å². The van der Waals surface area contributed by atoms with Crippen LogP contribution in [-0.4, -0.2) is 44.8 Å². The van der Waals surface area contributed by atoms with Gasteiger partial charge in [-0.1, -0.05) is 66.2 Å². The molecule has 0 aliphatic rings. The van der Waals surface area contributed by atoms with Crippen LogP contribution in [-0.2, 0) is 26.2 Å². The first-order valence-corrected chi connectivity index (χ1v) is 14.6. The summed E-state index contributed by atoms with van der Waals surface area (Å²) in [6.07, 6.45) is 0. The molecule has 0 aliphatic heterocycles. The fourth-order valence-corrected chi connectivity index (χ4v) is 5.79. The number of nitrogens with one attached hydrogen (secondary N) is 1. The SMILES string of the molecule is CNC(=O)C(C)N(Cc1cccc(C)c1)C(=O)CN(c1ccc(Oc2ccccc2)cc1)S(=O)(=O)c1ccccc1. The Morgan fingerprint density at radius 2 is 1.44 bits per heavy atom. The zero-order valence-corrected chi connectivity index (χ0v) is 24.0. The summed E-state index contributed by atoms with van der Waals surface area (Å²) in [7, 11) is -2.64. The lowest BCUT2D eigenvalue weighted by atomic mass is 10.1. The minimum atomic E-state index is -4.14. The fourth-order valence-electron chi connectivity index (χ4n) is 4.35. The van der Waals surface area contributed by atoms with Gasteiger partial charge in [0.2, 0.25) is 11.8 Å². The van der Waals surface area contributed by atoms with Gasteiger partial charge in [-0.05, 0) is 67.9 Å². The number of aryl methyl sites for hydroxylation is 1. The van der Waals surface area contributed by atoms with Gasteiger partial charge in [0.15, 0.2) is 0 Å². The van der Waals surface area contributed by atoms with Gasteiger partial charge in [0.25, 0.3) is 10.0 Å². The molecule has 0 spiro atoms. The molecule has 4 aromatic rings. The van der Waals surface area contributed by atoms with E-state index in [0.717, 1.165) is 15.4 Å². The summed E-state index contributed by atoms with van der Waals surface area (Å²) in [6.45, 7) is 3.19. The van der Waals surface area contributed by atoms with E-state index < -0.39 is 28.5 Å². The third-order valence-electron chi connectivity index (χ3n) is 6.56. The number of sulfonamides is 1. The Bertz CT molecular complexity index is 1580. The minimum Gasteiger partial charge on any atom is -0.457 e. The van der Waals surface area contributed by atoms with Gasteiger partial charge in [-0.2, -0.15) is 0 Å². The second kappa shape index (κ2) is 13.1. The number of ether oxygens (including phenoxy) is 1. The molecule has 4 rings (SSSR count). The Morgan fingerprint density at radius 3 is 2.05 bits per heavy atom. The topological polar surface area (TPSA) is 96.0 Å². The van der Waals surface area contributed by atoms with Crippen LogP contribution in [0.25, 0.3) is 0 Å². The van der Waals surface area contributed by atoms with E-state index in [-0.39, 0.29) is 23.0 Å². The highest BCUT2D eigenvalue weighted by atomic mass is 32.2. The molecule has 0 saturated carbocycles. The van der Waals surface area contributed by atoms with Crippen molar-refractivity contribution in [2.45, 2.75) is 31.3 Å². The normalized spacial score (nSPS) is 11.8. The number of amides is 2. The van der Waals surface area contributed by atoms with Crippen molar-refractivity contribution in [3.05, 3.63) is 120 Å². The van der Waals surface area contributed by atoms with Gasteiger partial charge in [-0.25, -0.2) is 8.42 Å². The number of anilines is 1. The predicted molar refractivity (Wildman–Crippen MR) is 159 cm³/mol. The van der Waals surface area contributed by atoms with Gasteiger partial charge in [0.05, 0.1) is 10.6 Å². The van der Waals surface area contributed by atoms with E-state index in [2.05, 4.69) is 5.32 Å². The van der Waals surface area contributed by atoms with Crippen molar-refractivity contribution in [2.75, 3.05) is 17.9 Å². The molecule has 8 nitrogen and oxygen atoms in total. The number of hydrogen-bond acceptors (Lipinski definition) is 5. The largest absolute Gasteiger partial charge is 0.457 e. The Morgan fingerprint density at radius 1 is 0.829 bits per heavy atom. The minimum absolute atomic E-state index is 0.0435. The van der Waals surface area contributed by atoms with Gasteiger partial charge < -0.3 is 15.0 Å². The van der Waals surface area contributed by atoms with E-state index in [1.165, 1.54) is 24.1 Å². The molecule has 212 valence electrons. The number of benzene rings is 4. The van der Waals surface area contributed by atoms with Crippen LogP contribution in [0, 0.1) is 6.92 Å². The molecule has 0 radical (unpaired) electrons. The summed E-state index contributed by atoms with van der Waals surface area (Å²) >= 11 is 0. The van der Waals surface area contributed by atoms with Crippen LogP contribution < -0.4 is 14.4 Å². The van der Waals surface area contributed by atoms with Gasteiger partial charge in [0, 0.05) is 13.6 Å². The van der Waals surface area contributed by atoms with Crippen molar-refractivity contribution in [2.24, 2.45) is 0 Å². The first kappa shape index (κ1) is 29.4. The number of carbonyl (C=O) groups excluding carboxylic acids is 2. The van der Waals surface area contributed by atoms with Crippen LogP contribution in [0.2, 0.25) is 0 Å². The Kier molecular flexibility index (Phi) is 9.41. The first-order valence-electron chi connectivity index (χ1n) is 13.2. The van der Waals surface area contributed by atoms with Crippen molar-refractivity contribution in [3.8, 4) is 11.5 Å². The summed E-state index contributed by atoms with van der Waals surface area (Å²) in [5, 5.41) is 2.59. The summed E-state index contributed by atoms with van der Waals surface area (Å²) in [6, 6.07) is 30.4. The average molecular weight is 572 g/mol. The quantitative estimate of drug-likeness (QED) is 0.269. The van der Waals surface area contributed by atoms with Crippen LogP contribution in [0.4, 0.5) is 5.69 Å². The van der Waals surface area contributed by atoms with Gasteiger partial charge in [0.1, 0.15) is 24.1 Å². The highest BCUT2D eigenvalue weighted by molar-refractivity contribution is 7.92. The molecule has 0 heterocycles. The maximum Gasteiger partial charge on any atom is 0.264 e. The number of hydrogen-bond donors (Lipinski definition) is 1. The zero-order valence-electron chi connectivity index (χ0n) is 23.2. The molecular formula is C32H33N3O5S. The molecule has 1 atom stereocenters. The lowest BCUT2D eigenvalue weighted by Crippen LogP contribution is -2.50. The number of para-hydroxylation sites is 1. The highest BCUT2D eigenvalue weighted by Gasteiger charge is 2.32. The standard InChI is InChI=1S/C32H33N3O5S/c1-24-11-10-12-26(21-24)22-34(25(2)32(37)33-3)31(36)23-35(41(38,39)30-15-8-5-9-16-30)27-17-19-29(20-18-27)40-28-13-6-4-7-14-28/h4-21,25H,22-23H2,1-3H3,(H,33,37). The molecule has 0 bridgehead atoms.